The lowest BCUT2D eigenvalue weighted by Crippen LogP contribution is -2.28. The molecule has 0 aliphatic heterocycles. The number of benzene rings is 1. The quantitative estimate of drug-likeness (QED) is 0.805. The molecular formula is C14H19NO3S. The number of thioether (sulfide) groups is 1. The van der Waals surface area contributed by atoms with E-state index >= 15 is 0 Å². The van der Waals surface area contributed by atoms with Gasteiger partial charge in [-0.05, 0) is 17.5 Å². The summed E-state index contributed by atoms with van der Waals surface area (Å²) < 4.78 is 0. The van der Waals surface area contributed by atoms with Crippen molar-refractivity contribution in [3.63, 3.8) is 0 Å². The number of amides is 1. The van der Waals surface area contributed by atoms with E-state index in [1.54, 1.807) is 24.3 Å². The second kappa shape index (κ2) is 7.84. The molecule has 5 heteroatoms. The fourth-order valence-electron chi connectivity index (χ4n) is 1.48. The van der Waals surface area contributed by atoms with E-state index in [1.807, 2.05) is 13.8 Å². The van der Waals surface area contributed by atoms with Crippen molar-refractivity contribution in [3.05, 3.63) is 35.4 Å². The second-order valence-corrected chi connectivity index (χ2v) is 5.64. The average Bonchev–Trinajstić information content (AvgIpc) is 2.36. The van der Waals surface area contributed by atoms with E-state index in [0.29, 0.717) is 29.5 Å². The SMILES string of the molecule is CC(C)CNC(=O)CSCc1ccccc1C(=O)O. The summed E-state index contributed by atoms with van der Waals surface area (Å²) >= 11 is 1.42. The van der Waals surface area contributed by atoms with Gasteiger partial charge in [0.1, 0.15) is 0 Å². The molecule has 0 radical (unpaired) electrons. The van der Waals surface area contributed by atoms with Gasteiger partial charge >= 0.3 is 5.97 Å². The molecule has 0 atom stereocenters. The van der Waals surface area contributed by atoms with E-state index in [2.05, 4.69) is 5.32 Å². The average molecular weight is 281 g/mol. The Balaban J connectivity index is 2.41. The number of hydrogen-bond acceptors (Lipinski definition) is 3. The van der Waals surface area contributed by atoms with E-state index in [9.17, 15) is 9.59 Å². The minimum atomic E-state index is -0.930. The number of carboxylic acid groups (broad SMARTS) is 1. The van der Waals surface area contributed by atoms with Crippen molar-refractivity contribution in [1.29, 1.82) is 0 Å². The van der Waals surface area contributed by atoms with Gasteiger partial charge in [0.2, 0.25) is 5.91 Å². The first-order valence-corrected chi connectivity index (χ1v) is 7.31. The number of rotatable bonds is 7. The number of aromatic carboxylic acids is 1. The zero-order valence-corrected chi connectivity index (χ0v) is 12.0. The molecular weight excluding hydrogens is 262 g/mol. The fraction of sp³-hybridized carbons (Fsp3) is 0.429. The molecule has 1 aromatic carbocycles. The molecule has 0 heterocycles. The summed E-state index contributed by atoms with van der Waals surface area (Å²) in [5.74, 6) is 0.367. The Morgan fingerprint density at radius 3 is 2.63 bits per heavy atom. The minimum Gasteiger partial charge on any atom is -0.478 e. The molecule has 104 valence electrons. The molecule has 1 rings (SSSR count). The van der Waals surface area contributed by atoms with Crippen molar-refractivity contribution in [1.82, 2.24) is 5.32 Å². The van der Waals surface area contributed by atoms with Crippen LogP contribution in [0, 0.1) is 5.92 Å². The Hall–Kier alpha value is -1.49. The van der Waals surface area contributed by atoms with Crippen LogP contribution < -0.4 is 5.32 Å². The number of carboxylic acids is 1. The lowest BCUT2D eigenvalue weighted by Gasteiger charge is -2.08. The second-order valence-electron chi connectivity index (χ2n) is 4.65. The first kappa shape index (κ1) is 15.6. The molecule has 0 spiro atoms. The van der Waals surface area contributed by atoms with E-state index in [4.69, 9.17) is 5.11 Å². The van der Waals surface area contributed by atoms with Gasteiger partial charge in [-0.3, -0.25) is 4.79 Å². The van der Waals surface area contributed by atoms with Gasteiger partial charge in [0.05, 0.1) is 11.3 Å². The third-order valence-corrected chi connectivity index (χ3v) is 3.43. The minimum absolute atomic E-state index is 0.00786. The molecule has 2 N–H and O–H groups in total. The number of nitrogens with one attached hydrogen (secondary N) is 1. The van der Waals surface area contributed by atoms with Crippen LogP contribution in [0.25, 0.3) is 0 Å². The third kappa shape index (κ3) is 5.79. The summed E-state index contributed by atoms with van der Waals surface area (Å²) in [5.41, 5.74) is 1.05. The molecule has 4 nitrogen and oxygen atoms in total. The van der Waals surface area contributed by atoms with Gasteiger partial charge in [-0.2, -0.15) is 0 Å². The van der Waals surface area contributed by atoms with Crippen LogP contribution in [0.5, 0.6) is 0 Å². The largest absolute Gasteiger partial charge is 0.478 e. The maximum Gasteiger partial charge on any atom is 0.335 e. The highest BCUT2D eigenvalue weighted by Gasteiger charge is 2.09. The zero-order valence-electron chi connectivity index (χ0n) is 11.2. The molecule has 0 aromatic heterocycles. The maximum absolute atomic E-state index is 11.5. The zero-order chi connectivity index (χ0) is 14.3. The third-order valence-electron chi connectivity index (χ3n) is 2.45. The van der Waals surface area contributed by atoms with Gasteiger partial charge in [0.25, 0.3) is 0 Å². The monoisotopic (exact) mass is 281 g/mol. The van der Waals surface area contributed by atoms with Crippen LogP contribution in [0.1, 0.15) is 29.8 Å². The molecule has 19 heavy (non-hydrogen) atoms. The molecule has 0 unspecified atom stereocenters. The summed E-state index contributed by atoms with van der Waals surface area (Å²) in [6, 6.07) is 6.87. The molecule has 0 bridgehead atoms. The molecule has 0 saturated heterocycles. The summed E-state index contributed by atoms with van der Waals surface area (Å²) in [4.78, 5) is 22.5. The van der Waals surface area contributed by atoms with Crippen LogP contribution in [0.15, 0.2) is 24.3 Å². The number of hydrogen-bond donors (Lipinski definition) is 2. The van der Waals surface area contributed by atoms with Gasteiger partial charge in [-0.15, -0.1) is 11.8 Å². The van der Waals surface area contributed by atoms with Gasteiger partial charge in [0.15, 0.2) is 0 Å². The summed E-state index contributed by atoms with van der Waals surface area (Å²) in [5, 5.41) is 11.9. The molecule has 1 aromatic rings. The maximum atomic E-state index is 11.5. The van der Waals surface area contributed by atoms with Crippen LogP contribution in [0.2, 0.25) is 0 Å². The molecule has 1 amide bonds. The van der Waals surface area contributed by atoms with E-state index < -0.39 is 5.97 Å². The normalized spacial score (nSPS) is 10.5. The van der Waals surface area contributed by atoms with Crippen molar-refractivity contribution < 1.29 is 14.7 Å². The summed E-state index contributed by atoms with van der Waals surface area (Å²) in [7, 11) is 0. The molecule has 0 fully saturated rings. The Morgan fingerprint density at radius 1 is 1.32 bits per heavy atom. The topological polar surface area (TPSA) is 66.4 Å². The van der Waals surface area contributed by atoms with Crippen LogP contribution in [-0.4, -0.2) is 29.3 Å². The Kier molecular flexibility index (Phi) is 6.42. The predicted octanol–water partition coefficient (Wildman–Crippen LogP) is 2.39. The highest BCUT2D eigenvalue weighted by molar-refractivity contribution is 7.99. The van der Waals surface area contributed by atoms with Gasteiger partial charge in [-0.25, -0.2) is 4.79 Å². The van der Waals surface area contributed by atoms with Crippen molar-refractivity contribution >= 4 is 23.6 Å². The van der Waals surface area contributed by atoms with Crippen molar-refractivity contribution in [3.8, 4) is 0 Å². The summed E-state index contributed by atoms with van der Waals surface area (Å²) in [6.07, 6.45) is 0. The Morgan fingerprint density at radius 2 is 2.00 bits per heavy atom. The molecule has 0 aliphatic carbocycles. The van der Waals surface area contributed by atoms with Crippen LogP contribution in [0.4, 0.5) is 0 Å². The van der Waals surface area contributed by atoms with Crippen LogP contribution in [0.3, 0.4) is 0 Å². The number of carbonyl (C=O) groups excluding carboxylic acids is 1. The van der Waals surface area contributed by atoms with E-state index in [0.717, 1.165) is 5.56 Å². The fourth-order valence-corrected chi connectivity index (χ4v) is 2.34. The highest BCUT2D eigenvalue weighted by Crippen LogP contribution is 2.16. The van der Waals surface area contributed by atoms with E-state index in [-0.39, 0.29) is 5.91 Å². The van der Waals surface area contributed by atoms with Gasteiger partial charge < -0.3 is 10.4 Å². The lowest BCUT2D eigenvalue weighted by atomic mass is 10.1. The van der Waals surface area contributed by atoms with Gasteiger partial charge in [0, 0.05) is 12.3 Å². The lowest BCUT2D eigenvalue weighted by molar-refractivity contribution is -0.118. The Labute approximate surface area is 117 Å². The predicted molar refractivity (Wildman–Crippen MR) is 77.4 cm³/mol. The smallest absolute Gasteiger partial charge is 0.335 e. The molecule has 0 aliphatic rings. The first-order chi connectivity index (χ1) is 9.00. The van der Waals surface area contributed by atoms with Crippen molar-refractivity contribution in [2.24, 2.45) is 5.92 Å². The van der Waals surface area contributed by atoms with Crippen LogP contribution in [-0.2, 0) is 10.5 Å². The first-order valence-electron chi connectivity index (χ1n) is 6.16. The Bertz CT molecular complexity index is 446. The number of carbonyl (C=O) groups is 2. The highest BCUT2D eigenvalue weighted by atomic mass is 32.2. The molecule has 0 saturated carbocycles. The van der Waals surface area contributed by atoms with E-state index in [1.165, 1.54) is 11.8 Å². The summed E-state index contributed by atoms with van der Waals surface area (Å²) in [6.45, 7) is 4.75. The van der Waals surface area contributed by atoms with Gasteiger partial charge in [-0.1, -0.05) is 32.0 Å². The van der Waals surface area contributed by atoms with Crippen molar-refractivity contribution in [2.75, 3.05) is 12.3 Å². The van der Waals surface area contributed by atoms with Crippen LogP contribution >= 0.6 is 11.8 Å². The van der Waals surface area contributed by atoms with Crippen molar-refractivity contribution in [2.45, 2.75) is 19.6 Å². The standard InChI is InChI=1S/C14H19NO3S/c1-10(2)7-15-13(16)9-19-8-11-5-3-4-6-12(11)14(17)18/h3-6,10H,7-9H2,1-2H3,(H,15,16)(H,17,18).